The van der Waals surface area contributed by atoms with Crippen molar-refractivity contribution < 1.29 is 13.2 Å². The number of anilines is 1. The Labute approximate surface area is 116 Å². The monoisotopic (exact) mass is 298 g/mol. The van der Waals surface area contributed by atoms with Crippen LogP contribution in [0.4, 0.5) is 5.69 Å². The zero-order valence-corrected chi connectivity index (χ0v) is 12.0. The molecule has 0 saturated carbocycles. The SMILES string of the molecule is COc1cccc(NC2=N[C@H]3CS(=O)(=O)C[C@@H]3S2)c1. The lowest BCUT2D eigenvalue weighted by atomic mass is 10.3. The summed E-state index contributed by atoms with van der Waals surface area (Å²) >= 11 is 1.51. The molecule has 0 aliphatic carbocycles. The van der Waals surface area contributed by atoms with Gasteiger partial charge < -0.3 is 10.1 Å². The van der Waals surface area contributed by atoms with Crippen molar-refractivity contribution in [2.45, 2.75) is 11.3 Å². The number of sulfone groups is 1. The van der Waals surface area contributed by atoms with Gasteiger partial charge in [0.1, 0.15) is 5.75 Å². The van der Waals surface area contributed by atoms with Gasteiger partial charge in [-0.05, 0) is 12.1 Å². The third-order valence-corrected chi connectivity index (χ3v) is 6.28. The van der Waals surface area contributed by atoms with E-state index in [1.807, 2.05) is 24.3 Å². The molecule has 0 radical (unpaired) electrons. The fourth-order valence-electron chi connectivity index (χ4n) is 2.24. The molecule has 7 heteroatoms. The van der Waals surface area contributed by atoms with Crippen LogP contribution in [0.25, 0.3) is 0 Å². The Bertz CT molecular complexity index is 628. The molecule has 2 aliphatic rings. The number of methoxy groups -OCH3 is 1. The highest BCUT2D eigenvalue weighted by molar-refractivity contribution is 8.15. The van der Waals surface area contributed by atoms with Gasteiger partial charge in [-0.25, -0.2) is 8.42 Å². The van der Waals surface area contributed by atoms with Crippen LogP contribution in [0.3, 0.4) is 0 Å². The lowest BCUT2D eigenvalue weighted by Crippen LogP contribution is -2.13. The summed E-state index contributed by atoms with van der Waals surface area (Å²) < 4.78 is 28.1. The molecule has 1 aromatic carbocycles. The molecule has 2 aliphatic heterocycles. The molecular weight excluding hydrogens is 284 g/mol. The molecule has 3 rings (SSSR count). The van der Waals surface area contributed by atoms with Crippen LogP contribution in [0.5, 0.6) is 5.75 Å². The van der Waals surface area contributed by atoms with Crippen LogP contribution in [-0.2, 0) is 9.84 Å². The number of benzene rings is 1. The van der Waals surface area contributed by atoms with Gasteiger partial charge in [0.2, 0.25) is 0 Å². The average Bonchev–Trinajstić information content (AvgIpc) is 2.82. The second-order valence-corrected chi connectivity index (χ2v) is 7.97. The van der Waals surface area contributed by atoms with E-state index in [0.717, 1.165) is 16.6 Å². The fraction of sp³-hybridized carbons (Fsp3) is 0.417. The number of amidine groups is 1. The molecule has 1 N–H and O–H groups in total. The predicted molar refractivity (Wildman–Crippen MR) is 77.9 cm³/mol. The van der Waals surface area contributed by atoms with Gasteiger partial charge in [-0.1, -0.05) is 17.8 Å². The quantitative estimate of drug-likeness (QED) is 0.893. The molecule has 0 aromatic heterocycles. The number of thioether (sulfide) groups is 1. The number of hydrogen-bond acceptors (Lipinski definition) is 6. The lowest BCUT2D eigenvalue weighted by molar-refractivity contribution is 0.415. The fourth-order valence-corrected chi connectivity index (χ4v) is 5.92. The van der Waals surface area contributed by atoms with Gasteiger partial charge in [-0.3, -0.25) is 4.99 Å². The van der Waals surface area contributed by atoms with E-state index < -0.39 is 9.84 Å². The molecule has 1 fully saturated rings. The summed E-state index contributed by atoms with van der Waals surface area (Å²) in [5.74, 6) is 1.18. The highest BCUT2D eigenvalue weighted by atomic mass is 32.2. The van der Waals surface area contributed by atoms with E-state index >= 15 is 0 Å². The number of fused-ring (bicyclic) bond motifs is 1. The highest BCUT2D eigenvalue weighted by Crippen LogP contribution is 2.34. The maximum atomic E-state index is 11.5. The predicted octanol–water partition coefficient (Wildman–Crippen LogP) is 1.38. The molecule has 0 unspecified atom stereocenters. The molecule has 19 heavy (non-hydrogen) atoms. The minimum absolute atomic E-state index is 0.0677. The second-order valence-electron chi connectivity index (χ2n) is 4.59. The Morgan fingerprint density at radius 1 is 1.42 bits per heavy atom. The first-order valence-electron chi connectivity index (χ1n) is 5.92. The summed E-state index contributed by atoms with van der Waals surface area (Å²) in [6.07, 6.45) is 0. The number of nitrogens with zero attached hydrogens (tertiary/aromatic N) is 1. The summed E-state index contributed by atoms with van der Waals surface area (Å²) in [5.41, 5.74) is 0.897. The maximum absolute atomic E-state index is 11.5. The summed E-state index contributed by atoms with van der Waals surface area (Å²) in [7, 11) is -1.27. The van der Waals surface area contributed by atoms with Crippen LogP contribution in [0.2, 0.25) is 0 Å². The molecule has 1 saturated heterocycles. The van der Waals surface area contributed by atoms with Crippen LogP contribution in [-0.4, -0.2) is 43.5 Å². The standard InChI is InChI=1S/C12H14N2O3S2/c1-17-9-4-2-3-8(5-9)13-12-14-10-6-19(15,16)7-11(10)18-12/h2-5,10-11H,6-7H2,1H3,(H,13,14)/t10-,11-/m0/s1. The minimum Gasteiger partial charge on any atom is -0.497 e. The van der Waals surface area contributed by atoms with Crippen LogP contribution >= 0.6 is 11.8 Å². The first kappa shape index (κ1) is 12.8. The van der Waals surface area contributed by atoms with E-state index in [-0.39, 0.29) is 22.8 Å². The zero-order chi connectivity index (χ0) is 13.5. The van der Waals surface area contributed by atoms with Gasteiger partial charge in [0.05, 0.1) is 24.7 Å². The van der Waals surface area contributed by atoms with E-state index in [1.54, 1.807) is 7.11 Å². The van der Waals surface area contributed by atoms with Crippen molar-refractivity contribution in [1.29, 1.82) is 0 Å². The number of rotatable bonds is 2. The zero-order valence-electron chi connectivity index (χ0n) is 10.4. The van der Waals surface area contributed by atoms with E-state index in [1.165, 1.54) is 11.8 Å². The van der Waals surface area contributed by atoms with Crippen molar-refractivity contribution in [3.05, 3.63) is 24.3 Å². The topological polar surface area (TPSA) is 67.8 Å². The molecule has 0 spiro atoms. The lowest BCUT2D eigenvalue weighted by Gasteiger charge is -2.08. The molecule has 2 atom stereocenters. The second kappa shape index (κ2) is 4.72. The van der Waals surface area contributed by atoms with E-state index in [4.69, 9.17) is 4.74 Å². The van der Waals surface area contributed by atoms with Crippen molar-refractivity contribution >= 4 is 32.5 Å². The largest absolute Gasteiger partial charge is 0.497 e. The number of hydrogen-bond donors (Lipinski definition) is 1. The number of aliphatic imine (C=N–C) groups is 1. The number of nitrogens with one attached hydrogen (secondary N) is 1. The summed E-state index contributed by atoms with van der Waals surface area (Å²) in [6.45, 7) is 0. The Morgan fingerprint density at radius 2 is 2.26 bits per heavy atom. The normalized spacial score (nSPS) is 27.7. The first-order valence-corrected chi connectivity index (χ1v) is 8.62. The van der Waals surface area contributed by atoms with Gasteiger partial charge in [-0.15, -0.1) is 0 Å². The molecule has 1 aromatic rings. The molecule has 0 bridgehead atoms. The van der Waals surface area contributed by atoms with E-state index in [9.17, 15) is 8.42 Å². The molecule has 2 heterocycles. The Morgan fingerprint density at radius 3 is 3.00 bits per heavy atom. The molecule has 5 nitrogen and oxygen atoms in total. The minimum atomic E-state index is -2.89. The van der Waals surface area contributed by atoms with Crippen molar-refractivity contribution in [2.75, 3.05) is 23.9 Å². The third-order valence-electron chi connectivity index (χ3n) is 3.14. The van der Waals surface area contributed by atoms with Gasteiger partial charge in [0.15, 0.2) is 15.0 Å². The van der Waals surface area contributed by atoms with Gasteiger partial charge in [0.25, 0.3) is 0 Å². The van der Waals surface area contributed by atoms with Crippen LogP contribution in [0.1, 0.15) is 0 Å². The average molecular weight is 298 g/mol. The maximum Gasteiger partial charge on any atom is 0.161 e. The van der Waals surface area contributed by atoms with Crippen molar-refractivity contribution in [3.8, 4) is 5.75 Å². The van der Waals surface area contributed by atoms with Crippen LogP contribution in [0, 0.1) is 0 Å². The first-order chi connectivity index (χ1) is 9.05. The van der Waals surface area contributed by atoms with E-state index in [2.05, 4.69) is 10.3 Å². The number of ether oxygens (including phenoxy) is 1. The molecule has 0 amide bonds. The summed E-state index contributed by atoms with van der Waals surface area (Å²) in [5, 5.41) is 4.07. The van der Waals surface area contributed by atoms with Crippen molar-refractivity contribution in [2.24, 2.45) is 4.99 Å². The summed E-state index contributed by atoms with van der Waals surface area (Å²) in [4.78, 5) is 4.44. The Kier molecular flexibility index (Phi) is 3.18. The van der Waals surface area contributed by atoms with Crippen molar-refractivity contribution in [3.63, 3.8) is 0 Å². The van der Waals surface area contributed by atoms with Gasteiger partial charge >= 0.3 is 0 Å². The highest BCUT2D eigenvalue weighted by Gasteiger charge is 2.42. The van der Waals surface area contributed by atoms with Crippen molar-refractivity contribution in [1.82, 2.24) is 0 Å². The van der Waals surface area contributed by atoms with Gasteiger partial charge in [-0.2, -0.15) is 0 Å². The Balaban J connectivity index is 1.72. The van der Waals surface area contributed by atoms with Crippen LogP contribution < -0.4 is 10.1 Å². The smallest absolute Gasteiger partial charge is 0.161 e. The van der Waals surface area contributed by atoms with E-state index in [0.29, 0.717) is 0 Å². The molecular formula is C12H14N2O3S2. The molecule has 102 valence electrons. The third kappa shape index (κ3) is 2.71. The van der Waals surface area contributed by atoms with Crippen LogP contribution in [0.15, 0.2) is 29.3 Å². The summed E-state index contributed by atoms with van der Waals surface area (Å²) in [6, 6.07) is 7.48. The Hall–Kier alpha value is -1.21. The van der Waals surface area contributed by atoms with Gasteiger partial charge in [0, 0.05) is 17.0 Å².